The van der Waals surface area contributed by atoms with Crippen LogP contribution in [0.4, 0.5) is 0 Å². The second-order valence-electron chi connectivity index (χ2n) is 5.73. The fourth-order valence-corrected chi connectivity index (χ4v) is 3.16. The highest BCUT2D eigenvalue weighted by Gasteiger charge is 2.26. The zero-order chi connectivity index (χ0) is 18.1. The summed E-state index contributed by atoms with van der Waals surface area (Å²) < 4.78 is 17.1. The van der Waals surface area contributed by atoms with Crippen LogP contribution in [0.5, 0.6) is 11.5 Å². The standard InChI is InChI=1S/C20H14BrNO4/c1-24-14-7-6-13-8-12(11-25-18(13)10-14)9-17-20(23)26-19(22-17)15-4-2-3-5-16(15)21/h2-10H,11H2,1H3/b17-9-. The van der Waals surface area contributed by atoms with Crippen LogP contribution in [0.2, 0.25) is 0 Å². The van der Waals surface area contributed by atoms with Crippen molar-refractivity contribution in [1.82, 2.24) is 0 Å². The number of esters is 1. The minimum absolute atomic E-state index is 0.252. The lowest BCUT2D eigenvalue weighted by Crippen LogP contribution is -2.08. The molecule has 0 unspecified atom stereocenters. The lowest BCUT2D eigenvalue weighted by Gasteiger charge is -2.16. The first-order valence-corrected chi connectivity index (χ1v) is 8.72. The predicted octanol–water partition coefficient (Wildman–Crippen LogP) is 4.12. The summed E-state index contributed by atoms with van der Waals surface area (Å²) in [6, 6.07) is 13.1. The number of methoxy groups -OCH3 is 1. The van der Waals surface area contributed by atoms with Crippen molar-refractivity contribution < 1.29 is 19.0 Å². The summed E-state index contributed by atoms with van der Waals surface area (Å²) in [5, 5.41) is 0. The van der Waals surface area contributed by atoms with Gasteiger partial charge in [-0.3, -0.25) is 0 Å². The fraction of sp³-hybridized carbons (Fsp3) is 0.100. The summed E-state index contributed by atoms with van der Waals surface area (Å²) >= 11 is 3.44. The van der Waals surface area contributed by atoms with Crippen LogP contribution in [-0.2, 0) is 9.53 Å². The van der Waals surface area contributed by atoms with Crippen molar-refractivity contribution in [2.24, 2.45) is 4.99 Å². The first-order chi connectivity index (χ1) is 12.6. The molecule has 0 N–H and O–H groups in total. The molecule has 2 aliphatic heterocycles. The molecule has 0 spiro atoms. The van der Waals surface area contributed by atoms with E-state index in [4.69, 9.17) is 14.2 Å². The number of carbonyl (C=O) groups is 1. The van der Waals surface area contributed by atoms with Gasteiger partial charge in [0, 0.05) is 16.1 Å². The van der Waals surface area contributed by atoms with Crippen molar-refractivity contribution in [2.75, 3.05) is 13.7 Å². The van der Waals surface area contributed by atoms with Crippen LogP contribution in [0.3, 0.4) is 0 Å². The number of halogens is 1. The number of fused-ring (bicyclic) bond motifs is 1. The highest BCUT2D eigenvalue weighted by atomic mass is 79.9. The fourth-order valence-electron chi connectivity index (χ4n) is 2.71. The molecule has 0 saturated carbocycles. The van der Waals surface area contributed by atoms with E-state index in [2.05, 4.69) is 20.9 Å². The summed E-state index contributed by atoms with van der Waals surface area (Å²) in [5.41, 5.74) is 2.75. The van der Waals surface area contributed by atoms with E-state index in [-0.39, 0.29) is 11.6 Å². The van der Waals surface area contributed by atoms with Gasteiger partial charge in [0.2, 0.25) is 5.90 Å². The molecule has 26 heavy (non-hydrogen) atoms. The number of rotatable bonds is 3. The summed E-state index contributed by atoms with van der Waals surface area (Å²) in [5.74, 6) is 1.30. The second kappa shape index (κ2) is 6.80. The normalized spacial score (nSPS) is 17.2. The van der Waals surface area contributed by atoms with Crippen molar-refractivity contribution in [3.05, 3.63) is 75.4 Å². The van der Waals surface area contributed by atoms with E-state index in [9.17, 15) is 4.79 Å². The summed E-state index contributed by atoms with van der Waals surface area (Å²) in [6.07, 6.45) is 3.66. The number of hydrogen-bond acceptors (Lipinski definition) is 5. The lowest BCUT2D eigenvalue weighted by atomic mass is 10.1. The Balaban J connectivity index is 1.65. The maximum absolute atomic E-state index is 12.2. The molecular formula is C20H14BrNO4. The van der Waals surface area contributed by atoms with Crippen molar-refractivity contribution in [3.63, 3.8) is 0 Å². The Morgan fingerprint density at radius 2 is 2.08 bits per heavy atom. The third kappa shape index (κ3) is 3.15. The van der Waals surface area contributed by atoms with Crippen LogP contribution < -0.4 is 9.47 Å². The monoisotopic (exact) mass is 411 g/mol. The average molecular weight is 412 g/mol. The molecule has 0 aliphatic carbocycles. The quantitative estimate of drug-likeness (QED) is 0.562. The molecule has 2 heterocycles. The van der Waals surface area contributed by atoms with Gasteiger partial charge in [-0.05, 0) is 57.9 Å². The van der Waals surface area contributed by atoms with Crippen molar-refractivity contribution >= 4 is 33.9 Å². The van der Waals surface area contributed by atoms with E-state index in [0.717, 1.165) is 32.7 Å². The zero-order valence-corrected chi connectivity index (χ0v) is 15.4. The molecule has 0 radical (unpaired) electrons. The smallest absolute Gasteiger partial charge is 0.363 e. The Kier molecular flexibility index (Phi) is 4.34. The van der Waals surface area contributed by atoms with Gasteiger partial charge in [0.25, 0.3) is 0 Å². The maximum Gasteiger partial charge on any atom is 0.363 e. The number of carbonyl (C=O) groups excluding carboxylic acids is 1. The van der Waals surface area contributed by atoms with Crippen molar-refractivity contribution in [3.8, 4) is 11.5 Å². The average Bonchev–Trinajstić information content (AvgIpc) is 3.02. The molecular weight excluding hydrogens is 398 g/mol. The third-order valence-corrected chi connectivity index (χ3v) is 4.69. The van der Waals surface area contributed by atoms with Crippen LogP contribution in [0, 0.1) is 0 Å². The first kappa shape index (κ1) is 16.6. The highest BCUT2D eigenvalue weighted by molar-refractivity contribution is 9.10. The number of cyclic esters (lactones) is 1. The van der Waals surface area contributed by atoms with Gasteiger partial charge in [0.15, 0.2) is 5.70 Å². The second-order valence-corrected chi connectivity index (χ2v) is 6.58. The molecule has 2 aliphatic rings. The minimum atomic E-state index is -0.475. The van der Waals surface area contributed by atoms with Crippen LogP contribution >= 0.6 is 15.9 Å². The van der Waals surface area contributed by atoms with Gasteiger partial charge in [-0.1, -0.05) is 12.1 Å². The van der Waals surface area contributed by atoms with E-state index >= 15 is 0 Å². The number of nitrogens with zero attached hydrogens (tertiary/aromatic N) is 1. The van der Waals surface area contributed by atoms with E-state index < -0.39 is 5.97 Å². The van der Waals surface area contributed by atoms with Crippen molar-refractivity contribution in [2.45, 2.75) is 0 Å². The summed E-state index contributed by atoms with van der Waals surface area (Å²) in [7, 11) is 1.61. The molecule has 5 nitrogen and oxygen atoms in total. The van der Waals surface area contributed by atoms with Gasteiger partial charge in [0.1, 0.15) is 18.1 Å². The van der Waals surface area contributed by atoms with E-state index in [1.54, 1.807) is 13.2 Å². The van der Waals surface area contributed by atoms with Crippen LogP contribution in [0.15, 0.2) is 69.3 Å². The summed E-state index contributed by atoms with van der Waals surface area (Å²) in [4.78, 5) is 16.5. The van der Waals surface area contributed by atoms with Gasteiger partial charge in [-0.2, -0.15) is 0 Å². The zero-order valence-electron chi connectivity index (χ0n) is 13.9. The molecule has 6 heteroatoms. The molecule has 0 fully saturated rings. The Bertz CT molecular complexity index is 991. The van der Waals surface area contributed by atoms with Gasteiger partial charge < -0.3 is 14.2 Å². The van der Waals surface area contributed by atoms with Crippen LogP contribution in [-0.4, -0.2) is 25.6 Å². The number of hydrogen-bond donors (Lipinski definition) is 0. The van der Waals surface area contributed by atoms with Gasteiger partial charge in [0.05, 0.1) is 12.7 Å². The Hall–Kier alpha value is -2.86. The molecule has 0 amide bonds. The topological polar surface area (TPSA) is 57.1 Å². The predicted molar refractivity (Wildman–Crippen MR) is 101 cm³/mol. The van der Waals surface area contributed by atoms with Gasteiger partial charge in [-0.15, -0.1) is 0 Å². The van der Waals surface area contributed by atoms with Gasteiger partial charge >= 0.3 is 5.97 Å². The Morgan fingerprint density at radius 1 is 1.23 bits per heavy atom. The molecule has 0 aromatic heterocycles. The Labute approximate surface area is 158 Å². The molecule has 4 rings (SSSR count). The SMILES string of the molecule is COc1ccc2c(c1)OCC(/C=C1\N=C(c3ccccc3Br)OC1=O)=C2. The van der Waals surface area contributed by atoms with Crippen LogP contribution in [0.25, 0.3) is 6.08 Å². The Morgan fingerprint density at radius 3 is 2.88 bits per heavy atom. The van der Waals surface area contributed by atoms with E-state index in [1.165, 1.54) is 0 Å². The summed E-state index contributed by atoms with van der Waals surface area (Å²) in [6.45, 7) is 0.344. The maximum atomic E-state index is 12.2. The lowest BCUT2D eigenvalue weighted by molar-refractivity contribution is -0.130. The molecule has 2 aromatic carbocycles. The molecule has 130 valence electrons. The molecule has 2 aromatic rings. The number of aliphatic imine (C=N–C) groups is 1. The molecule has 0 atom stereocenters. The van der Waals surface area contributed by atoms with Crippen LogP contribution in [0.1, 0.15) is 11.1 Å². The van der Waals surface area contributed by atoms with Gasteiger partial charge in [-0.25, -0.2) is 9.79 Å². The van der Waals surface area contributed by atoms with E-state index in [0.29, 0.717) is 6.61 Å². The highest BCUT2D eigenvalue weighted by Crippen LogP contribution is 2.31. The van der Waals surface area contributed by atoms with E-state index in [1.807, 2.05) is 48.5 Å². The largest absolute Gasteiger partial charge is 0.497 e. The molecule has 0 saturated heterocycles. The molecule has 0 bridgehead atoms. The third-order valence-electron chi connectivity index (χ3n) is 4.00. The number of benzene rings is 2. The first-order valence-electron chi connectivity index (χ1n) is 7.93. The minimum Gasteiger partial charge on any atom is -0.497 e. The van der Waals surface area contributed by atoms with Crippen molar-refractivity contribution in [1.29, 1.82) is 0 Å². The number of ether oxygens (including phenoxy) is 3.